The van der Waals surface area contributed by atoms with E-state index in [-0.39, 0.29) is 0 Å². The predicted molar refractivity (Wildman–Crippen MR) is 179 cm³/mol. The van der Waals surface area contributed by atoms with Gasteiger partial charge in [-0.2, -0.15) is 5.26 Å². The maximum absolute atomic E-state index is 9.66. The topological polar surface area (TPSA) is 53.9 Å². The zero-order chi connectivity index (χ0) is 29.6. The first kappa shape index (κ1) is 25.4. The first-order valence-electron chi connectivity index (χ1n) is 14.3. The van der Waals surface area contributed by atoms with E-state index < -0.39 is 0 Å². The first-order chi connectivity index (χ1) is 21.8. The van der Waals surface area contributed by atoms with Crippen LogP contribution in [0.1, 0.15) is 5.56 Å². The van der Waals surface area contributed by atoms with Gasteiger partial charge in [-0.15, -0.1) is 0 Å². The van der Waals surface area contributed by atoms with Crippen LogP contribution in [0.15, 0.2) is 134 Å². The van der Waals surface area contributed by atoms with Crippen molar-refractivity contribution < 1.29 is 0 Å². The van der Waals surface area contributed by atoms with Crippen molar-refractivity contribution in [2.75, 3.05) is 0 Å². The van der Waals surface area contributed by atoms with Crippen LogP contribution in [0, 0.1) is 17.9 Å². The molecule has 0 saturated heterocycles. The van der Waals surface area contributed by atoms with Gasteiger partial charge in [0, 0.05) is 30.4 Å². The van der Waals surface area contributed by atoms with Gasteiger partial charge >= 0.3 is 0 Å². The molecule has 0 unspecified atom stereocenters. The van der Waals surface area contributed by atoms with Gasteiger partial charge in [-0.25, -0.2) is 4.85 Å². The number of aromatic nitrogens is 2. The van der Waals surface area contributed by atoms with Crippen LogP contribution in [-0.2, 0) is 0 Å². The summed E-state index contributed by atoms with van der Waals surface area (Å²) < 4.78 is 0. The molecule has 0 amide bonds. The summed E-state index contributed by atoms with van der Waals surface area (Å²) in [7, 11) is 0. The molecular formula is C40H22N4. The van der Waals surface area contributed by atoms with E-state index in [0.29, 0.717) is 11.3 Å². The lowest BCUT2D eigenvalue weighted by molar-refractivity contribution is 1.31. The average Bonchev–Trinajstić information content (AvgIpc) is 3.09. The second kappa shape index (κ2) is 10.2. The molecule has 8 rings (SSSR count). The van der Waals surface area contributed by atoms with E-state index in [2.05, 4.69) is 118 Å². The monoisotopic (exact) mass is 558 g/mol. The Hall–Kier alpha value is -6.36. The van der Waals surface area contributed by atoms with Crippen molar-refractivity contribution >= 4 is 48.8 Å². The molecule has 2 aromatic heterocycles. The van der Waals surface area contributed by atoms with Crippen LogP contribution in [0.2, 0.25) is 0 Å². The largest absolute Gasteiger partial charge is 0.276 e. The molecule has 0 radical (unpaired) electrons. The Morgan fingerprint density at radius 3 is 1.23 bits per heavy atom. The molecular weight excluding hydrogens is 536 g/mol. The van der Waals surface area contributed by atoms with Crippen LogP contribution in [-0.4, -0.2) is 9.97 Å². The van der Waals surface area contributed by atoms with Gasteiger partial charge in [0.25, 0.3) is 0 Å². The molecule has 4 heteroatoms. The maximum Gasteiger partial charge on any atom is 0.205 e. The van der Waals surface area contributed by atoms with Crippen LogP contribution >= 0.6 is 0 Å². The van der Waals surface area contributed by atoms with Crippen molar-refractivity contribution in [1.29, 1.82) is 5.26 Å². The molecule has 0 atom stereocenters. The van der Waals surface area contributed by atoms with E-state index >= 15 is 0 Å². The molecule has 8 aromatic rings. The third kappa shape index (κ3) is 3.83. The molecule has 0 aliphatic rings. The lowest BCUT2D eigenvalue weighted by Crippen LogP contribution is -1.95. The molecule has 0 spiro atoms. The summed E-state index contributed by atoms with van der Waals surface area (Å²) in [5.41, 5.74) is 7.35. The number of pyridine rings is 2. The summed E-state index contributed by atoms with van der Waals surface area (Å²) in [6, 6.07) is 40.2. The molecule has 0 bridgehead atoms. The molecule has 0 aliphatic carbocycles. The minimum absolute atomic E-state index is 0.516. The van der Waals surface area contributed by atoms with E-state index in [4.69, 9.17) is 6.57 Å². The van der Waals surface area contributed by atoms with Gasteiger partial charge in [-0.3, -0.25) is 9.97 Å². The third-order valence-corrected chi connectivity index (χ3v) is 8.41. The Balaban J connectivity index is 1.58. The third-order valence-electron chi connectivity index (χ3n) is 8.41. The summed E-state index contributed by atoms with van der Waals surface area (Å²) in [6.07, 6.45) is 6.91. The molecule has 4 nitrogen and oxygen atoms in total. The predicted octanol–water partition coefficient (Wildman–Crippen LogP) is 10.5. The fourth-order valence-corrected chi connectivity index (χ4v) is 6.68. The lowest BCUT2D eigenvalue weighted by atomic mass is 9.81. The number of nitriles is 1. The van der Waals surface area contributed by atoms with Gasteiger partial charge < -0.3 is 0 Å². The van der Waals surface area contributed by atoms with E-state index in [1.807, 2.05) is 24.5 Å². The molecule has 0 saturated carbocycles. The highest BCUT2D eigenvalue weighted by atomic mass is 14.7. The Kier molecular flexibility index (Phi) is 5.86. The minimum atomic E-state index is 0.516. The Morgan fingerprint density at radius 1 is 0.477 bits per heavy atom. The zero-order valence-corrected chi connectivity index (χ0v) is 23.5. The van der Waals surface area contributed by atoms with Crippen molar-refractivity contribution in [3.8, 4) is 39.4 Å². The number of nitrogens with zero attached hydrogens (tertiary/aromatic N) is 4. The number of hydrogen-bond acceptors (Lipinski definition) is 3. The van der Waals surface area contributed by atoms with E-state index in [1.165, 1.54) is 0 Å². The average molecular weight is 559 g/mol. The molecule has 2 heterocycles. The summed E-state index contributed by atoms with van der Waals surface area (Å²) in [5, 5.41) is 18.6. The second-order valence-electron chi connectivity index (χ2n) is 10.8. The van der Waals surface area contributed by atoms with Crippen LogP contribution in [0.25, 0.3) is 81.3 Å². The summed E-state index contributed by atoms with van der Waals surface area (Å²) >= 11 is 0. The van der Waals surface area contributed by atoms with Gasteiger partial charge in [0.1, 0.15) is 6.07 Å². The van der Waals surface area contributed by atoms with Crippen LogP contribution in [0.3, 0.4) is 0 Å². The van der Waals surface area contributed by atoms with Crippen molar-refractivity contribution in [2.45, 2.75) is 0 Å². The number of rotatable bonds is 3. The molecule has 0 fully saturated rings. The molecule has 44 heavy (non-hydrogen) atoms. The van der Waals surface area contributed by atoms with Gasteiger partial charge in [0.15, 0.2) is 0 Å². The summed E-state index contributed by atoms with van der Waals surface area (Å²) in [4.78, 5) is 12.5. The van der Waals surface area contributed by atoms with Crippen LogP contribution in [0.5, 0.6) is 0 Å². The van der Waals surface area contributed by atoms with Crippen LogP contribution < -0.4 is 0 Å². The van der Waals surface area contributed by atoms with E-state index in [0.717, 1.165) is 76.5 Å². The Morgan fingerprint density at radius 2 is 0.841 bits per heavy atom. The molecule has 202 valence electrons. The highest BCUT2D eigenvalue weighted by molar-refractivity contribution is 6.29. The number of hydrogen-bond donors (Lipinski definition) is 0. The highest BCUT2D eigenvalue weighted by Crippen LogP contribution is 2.49. The molecule has 0 aliphatic heterocycles. The van der Waals surface area contributed by atoms with Gasteiger partial charge in [0.2, 0.25) is 5.69 Å². The minimum Gasteiger partial charge on any atom is -0.276 e. The van der Waals surface area contributed by atoms with Gasteiger partial charge in [-0.1, -0.05) is 97.1 Å². The van der Waals surface area contributed by atoms with Crippen molar-refractivity contribution in [2.24, 2.45) is 0 Å². The standard InChI is InChI=1S/C40H22N4/c1-42-28-19-27(23-44-24-28)38-31-12-4-8-16-35(31)40(36-17-9-5-13-32(36)38)39-33-14-6-2-10-29(33)37(30-11-3-7-15-34(30)39)26-18-25(20-41)21-43-22-26/h2-19,21-24H. The first-order valence-corrected chi connectivity index (χ1v) is 14.3. The van der Waals surface area contributed by atoms with Crippen LogP contribution in [0.4, 0.5) is 5.69 Å². The number of benzene rings is 6. The molecule has 6 aromatic carbocycles. The van der Waals surface area contributed by atoms with E-state index in [9.17, 15) is 5.26 Å². The fraction of sp³-hybridized carbons (Fsp3) is 0. The SMILES string of the molecule is [C-]#[N+]c1cncc(-c2c3ccccc3c(-c3c4ccccc4c(-c4cncc(C#N)c4)c4ccccc34)c3ccccc23)c1. The Labute approximate surface area is 253 Å². The fourth-order valence-electron chi connectivity index (χ4n) is 6.68. The quantitative estimate of drug-likeness (QED) is 0.160. The zero-order valence-electron chi connectivity index (χ0n) is 23.5. The Bertz CT molecular complexity index is 2240. The highest BCUT2D eigenvalue weighted by Gasteiger charge is 2.22. The van der Waals surface area contributed by atoms with Crippen molar-refractivity contribution in [3.63, 3.8) is 0 Å². The molecule has 0 N–H and O–H groups in total. The van der Waals surface area contributed by atoms with Crippen molar-refractivity contribution in [1.82, 2.24) is 9.97 Å². The normalized spacial score (nSPS) is 11.1. The summed E-state index contributed by atoms with van der Waals surface area (Å²) in [6.45, 7) is 7.60. The lowest BCUT2D eigenvalue weighted by Gasteiger charge is -2.22. The smallest absolute Gasteiger partial charge is 0.205 e. The maximum atomic E-state index is 9.66. The van der Waals surface area contributed by atoms with E-state index in [1.54, 1.807) is 12.4 Å². The van der Waals surface area contributed by atoms with Gasteiger partial charge in [-0.05, 0) is 83.0 Å². The van der Waals surface area contributed by atoms with Crippen molar-refractivity contribution in [3.05, 3.63) is 151 Å². The summed E-state index contributed by atoms with van der Waals surface area (Å²) in [5.74, 6) is 0. The number of fused-ring (bicyclic) bond motifs is 4. The second-order valence-corrected chi connectivity index (χ2v) is 10.8. The van der Waals surface area contributed by atoms with Gasteiger partial charge in [0.05, 0.1) is 12.1 Å².